The molecule has 0 aromatic heterocycles. The third-order valence-electron chi connectivity index (χ3n) is 5.22. The molecule has 2 aromatic carbocycles. The molecule has 0 radical (unpaired) electrons. The van der Waals surface area contributed by atoms with Crippen molar-refractivity contribution < 1.29 is 9.59 Å². The normalized spacial score (nSPS) is 14.8. The van der Waals surface area contributed by atoms with Gasteiger partial charge in [0.1, 0.15) is 6.04 Å². The number of carbonyl (C=O) groups excluding carboxylic acids is 2. The van der Waals surface area contributed by atoms with E-state index in [0.29, 0.717) is 12.2 Å². The van der Waals surface area contributed by atoms with Gasteiger partial charge in [0.15, 0.2) is 0 Å². The van der Waals surface area contributed by atoms with Gasteiger partial charge < -0.3 is 20.4 Å². The predicted octanol–water partition coefficient (Wildman–Crippen LogP) is 3.85. The number of rotatable bonds is 6. The first-order valence-corrected chi connectivity index (χ1v) is 10.2. The fraction of sp³-hybridized carbons (Fsp3) is 0.391. The van der Waals surface area contributed by atoms with Gasteiger partial charge in [-0.15, -0.1) is 0 Å². The molecule has 1 atom stereocenters. The number of nitrogens with one attached hydrogen (secondary N) is 2. The molecule has 2 aromatic rings. The second-order valence-electron chi connectivity index (χ2n) is 7.56. The second-order valence-corrected chi connectivity index (χ2v) is 7.56. The Kier molecular flexibility index (Phi) is 7.11. The van der Waals surface area contributed by atoms with Crippen LogP contribution in [0.3, 0.4) is 0 Å². The Morgan fingerprint density at radius 2 is 1.66 bits per heavy atom. The smallest absolute Gasteiger partial charge is 0.319 e. The van der Waals surface area contributed by atoms with Crippen LogP contribution in [0.15, 0.2) is 54.6 Å². The third kappa shape index (κ3) is 5.73. The molecule has 2 N–H and O–H groups in total. The molecule has 3 rings (SSSR count). The van der Waals surface area contributed by atoms with Crippen molar-refractivity contribution >= 4 is 23.3 Å². The van der Waals surface area contributed by atoms with Crippen LogP contribution in [0.1, 0.15) is 31.7 Å². The van der Waals surface area contributed by atoms with E-state index in [2.05, 4.69) is 27.7 Å². The van der Waals surface area contributed by atoms with E-state index in [1.807, 2.05) is 30.3 Å². The largest absolute Gasteiger partial charge is 0.371 e. The lowest BCUT2D eigenvalue weighted by atomic mass is 10.1. The summed E-state index contributed by atoms with van der Waals surface area (Å²) >= 11 is 0. The van der Waals surface area contributed by atoms with Gasteiger partial charge in [-0.3, -0.25) is 4.79 Å². The van der Waals surface area contributed by atoms with Gasteiger partial charge >= 0.3 is 6.03 Å². The minimum Gasteiger partial charge on any atom is -0.371 e. The molecule has 1 aliphatic heterocycles. The van der Waals surface area contributed by atoms with E-state index in [-0.39, 0.29) is 11.9 Å². The van der Waals surface area contributed by atoms with Gasteiger partial charge in [-0.25, -0.2) is 4.79 Å². The topological polar surface area (TPSA) is 64.7 Å². The highest BCUT2D eigenvalue weighted by molar-refractivity contribution is 5.93. The number of benzene rings is 2. The van der Waals surface area contributed by atoms with Gasteiger partial charge in [0.05, 0.1) is 0 Å². The molecule has 154 valence electrons. The molecule has 3 amide bonds. The van der Waals surface area contributed by atoms with Crippen molar-refractivity contribution in [3.05, 3.63) is 60.2 Å². The molecule has 29 heavy (non-hydrogen) atoms. The van der Waals surface area contributed by atoms with Crippen LogP contribution in [-0.4, -0.2) is 43.0 Å². The number of piperidine rings is 1. The van der Waals surface area contributed by atoms with Crippen molar-refractivity contribution in [3.63, 3.8) is 0 Å². The molecule has 0 bridgehead atoms. The Bertz CT molecular complexity index is 819. The molecule has 1 saturated heterocycles. The second kappa shape index (κ2) is 9.96. The van der Waals surface area contributed by atoms with Crippen LogP contribution in [-0.2, 0) is 11.3 Å². The molecule has 6 nitrogen and oxygen atoms in total. The fourth-order valence-corrected chi connectivity index (χ4v) is 3.70. The Hall–Kier alpha value is -3.02. The van der Waals surface area contributed by atoms with E-state index in [1.165, 1.54) is 24.9 Å². The first-order chi connectivity index (χ1) is 14.0. The quantitative estimate of drug-likeness (QED) is 0.782. The predicted molar refractivity (Wildman–Crippen MR) is 117 cm³/mol. The number of carbonyl (C=O) groups is 2. The number of para-hydroxylation sites is 2. The highest BCUT2D eigenvalue weighted by Gasteiger charge is 2.21. The summed E-state index contributed by atoms with van der Waals surface area (Å²) in [6.45, 7) is 4.34. The van der Waals surface area contributed by atoms with Crippen molar-refractivity contribution in [2.45, 2.75) is 38.8 Å². The van der Waals surface area contributed by atoms with E-state index in [9.17, 15) is 9.59 Å². The summed E-state index contributed by atoms with van der Waals surface area (Å²) in [6.07, 6.45) is 3.70. The maximum Gasteiger partial charge on any atom is 0.319 e. The van der Waals surface area contributed by atoms with Crippen molar-refractivity contribution in [2.75, 3.05) is 30.4 Å². The van der Waals surface area contributed by atoms with Gasteiger partial charge in [-0.1, -0.05) is 36.4 Å². The first kappa shape index (κ1) is 20.7. The van der Waals surface area contributed by atoms with E-state index >= 15 is 0 Å². The molecule has 1 unspecified atom stereocenters. The SMILES string of the molecule is CC(NC(=O)Nc1ccccc1)C(=O)N(C)Cc1ccccc1N1CCCCC1. The van der Waals surface area contributed by atoms with Crippen molar-refractivity contribution in [2.24, 2.45) is 0 Å². The lowest BCUT2D eigenvalue weighted by molar-refractivity contribution is -0.131. The van der Waals surface area contributed by atoms with Crippen LogP contribution in [0.5, 0.6) is 0 Å². The Balaban J connectivity index is 1.58. The summed E-state index contributed by atoms with van der Waals surface area (Å²) in [4.78, 5) is 29.0. The number of amides is 3. The molecule has 0 spiro atoms. The highest BCUT2D eigenvalue weighted by Crippen LogP contribution is 2.25. The van der Waals surface area contributed by atoms with Crippen LogP contribution in [0.4, 0.5) is 16.2 Å². The number of urea groups is 1. The Morgan fingerprint density at radius 1 is 1.00 bits per heavy atom. The third-order valence-corrected chi connectivity index (χ3v) is 5.22. The summed E-state index contributed by atoms with van der Waals surface area (Å²) in [5, 5.41) is 5.46. The lowest BCUT2D eigenvalue weighted by Crippen LogP contribution is -2.46. The summed E-state index contributed by atoms with van der Waals surface area (Å²) in [6, 6.07) is 16.4. The molecular weight excluding hydrogens is 364 g/mol. The molecular formula is C23H30N4O2. The molecule has 0 saturated carbocycles. The van der Waals surface area contributed by atoms with E-state index < -0.39 is 6.04 Å². The zero-order valence-corrected chi connectivity index (χ0v) is 17.2. The van der Waals surface area contributed by atoms with Crippen LogP contribution >= 0.6 is 0 Å². The minimum absolute atomic E-state index is 0.123. The van der Waals surface area contributed by atoms with E-state index in [1.54, 1.807) is 31.0 Å². The van der Waals surface area contributed by atoms with Crippen LogP contribution < -0.4 is 15.5 Å². The molecule has 1 heterocycles. The summed E-state index contributed by atoms with van der Waals surface area (Å²) < 4.78 is 0. The number of nitrogens with zero attached hydrogens (tertiary/aromatic N) is 2. The summed E-state index contributed by atoms with van der Waals surface area (Å²) in [5.74, 6) is -0.123. The molecule has 0 aliphatic carbocycles. The zero-order valence-electron chi connectivity index (χ0n) is 17.2. The van der Waals surface area contributed by atoms with Crippen LogP contribution in [0.2, 0.25) is 0 Å². The minimum atomic E-state index is -0.620. The van der Waals surface area contributed by atoms with Gasteiger partial charge in [-0.05, 0) is 49.9 Å². The van der Waals surface area contributed by atoms with Gasteiger partial charge in [-0.2, -0.15) is 0 Å². The lowest BCUT2D eigenvalue weighted by Gasteiger charge is -2.32. The summed E-state index contributed by atoms with van der Waals surface area (Å²) in [7, 11) is 1.78. The van der Waals surface area contributed by atoms with Gasteiger partial charge in [0, 0.05) is 38.1 Å². The van der Waals surface area contributed by atoms with Gasteiger partial charge in [0.2, 0.25) is 5.91 Å². The van der Waals surface area contributed by atoms with Gasteiger partial charge in [0.25, 0.3) is 0 Å². The number of anilines is 2. The van der Waals surface area contributed by atoms with Crippen molar-refractivity contribution in [3.8, 4) is 0 Å². The van der Waals surface area contributed by atoms with Crippen LogP contribution in [0, 0.1) is 0 Å². The number of likely N-dealkylation sites (N-methyl/N-ethyl adjacent to an activating group) is 1. The number of hydrogen-bond donors (Lipinski definition) is 2. The number of hydrogen-bond acceptors (Lipinski definition) is 3. The molecule has 6 heteroatoms. The highest BCUT2D eigenvalue weighted by atomic mass is 16.2. The van der Waals surface area contributed by atoms with E-state index in [0.717, 1.165) is 18.7 Å². The van der Waals surface area contributed by atoms with E-state index in [4.69, 9.17) is 0 Å². The monoisotopic (exact) mass is 394 g/mol. The average Bonchev–Trinajstić information content (AvgIpc) is 2.74. The van der Waals surface area contributed by atoms with Crippen LogP contribution in [0.25, 0.3) is 0 Å². The molecule has 1 aliphatic rings. The molecule has 1 fully saturated rings. The summed E-state index contributed by atoms with van der Waals surface area (Å²) in [5.41, 5.74) is 3.02. The Morgan fingerprint density at radius 3 is 2.38 bits per heavy atom. The van der Waals surface area contributed by atoms with Crippen molar-refractivity contribution in [1.29, 1.82) is 0 Å². The maximum atomic E-state index is 12.8. The first-order valence-electron chi connectivity index (χ1n) is 10.2. The Labute approximate surface area is 172 Å². The maximum absolute atomic E-state index is 12.8. The average molecular weight is 395 g/mol. The zero-order chi connectivity index (χ0) is 20.6. The van der Waals surface area contributed by atoms with Crippen molar-refractivity contribution in [1.82, 2.24) is 10.2 Å². The fourth-order valence-electron chi connectivity index (χ4n) is 3.70. The standard InChI is InChI=1S/C23H30N4O2/c1-18(24-23(29)25-20-12-5-3-6-13-20)22(28)26(2)17-19-11-7-8-14-21(19)27-15-9-4-10-16-27/h3,5-8,11-14,18H,4,9-10,15-17H2,1-2H3,(H2,24,25,29).